The third-order valence-electron chi connectivity index (χ3n) is 4.55. The second-order valence-electron chi connectivity index (χ2n) is 6.50. The number of amides is 1. The van der Waals surface area contributed by atoms with Crippen molar-refractivity contribution in [1.29, 1.82) is 0 Å². The third-order valence-corrected chi connectivity index (χ3v) is 4.55. The van der Waals surface area contributed by atoms with Gasteiger partial charge >= 0.3 is 0 Å². The standard InChI is InChI=1S/C21H27N5O2/c1-2-28-19-7-4-18(5-8-19)6-9-20(27)22-12-13-25-14-16-26(17-15-25)21-23-10-3-11-24-21/h3-11H,2,12-17H2,1H3,(H,22,27). The number of nitrogens with one attached hydrogen (secondary N) is 1. The lowest BCUT2D eigenvalue weighted by molar-refractivity contribution is -0.116. The van der Waals surface area contributed by atoms with Crippen molar-refractivity contribution >= 4 is 17.9 Å². The van der Waals surface area contributed by atoms with Gasteiger partial charge in [-0.05, 0) is 36.8 Å². The first kappa shape index (κ1) is 19.8. The maximum Gasteiger partial charge on any atom is 0.244 e. The average Bonchev–Trinajstić information content (AvgIpc) is 2.75. The summed E-state index contributed by atoms with van der Waals surface area (Å²) in [5.74, 6) is 1.54. The van der Waals surface area contributed by atoms with E-state index in [0.29, 0.717) is 13.2 Å². The summed E-state index contributed by atoms with van der Waals surface area (Å²) in [6.07, 6.45) is 6.92. The van der Waals surface area contributed by atoms with Gasteiger partial charge in [0.05, 0.1) is 6.61 Å². The number of aromatic nitrogens is 2. The van der Waals surface area contributed by atoms with Gasteiger partial charge in [-0.2, -0.15) is 0 Å². The first-order valence-electron chi connectivity index (χ1n) is 9.67. The molecule has 0 radical (unpaired) electrons. The molecule has 0 unspecified atom stereocenters. The minimum atomic E-state index is -0.0785. The summed E-state index contributed by atoms with van der Waals surface area (Å²) >= 11 is 0. The topological polar surface area (TPSA) is 70.6 Å². The average molecular weight is 381 g/mol. The van der Waals surface area contributed by atoms with Gasteiger partial charge in [0, 0.05) is 57.7 Å². The lowest BCUT2D eigenvalue weighted by Crippen LogP contribution is -2.48. The highest BCUT2D eigenvalue weighted by atomic mass is 16.5. The number of benzene rings is 1. The van der Waals surface area contributed by atoms with Crippen LogP contribution in [0, 0.1) is 0 Å². The largest absolute Gasteiger partial charge is 0.494 e. The lowest BCUT2D eigenvalue weighted by atomic mass is 10.2. The van der Waals surface area contributed by atoms with Crippen molar-refractivity contribution in [1.82, 2.24) is 20.2 Å². The Hall–Kier alpha value is -2.93. The van der Waals surface area contributed by atoms with Crippen LogP contribution in [-0.2, 0) is 4.79 Å². The number of anilines is 1. The molecule has 1 amide bonds. The number of hydrogen-bond donors (Lipinski definition) is 1. The minimum Gasteiger partial charge on any atom is -0.494 e. The van der Waals surface area contributed by atoms with E-state index in [4.69, 9.17) is 4.74 Å². The molecule has 148 valence electrons. The van der Waals surface area contributed by atoms with E-state index in [1.165, 1.54) is 0 Å². The van der Waals surface area contributed by atoms with Gasteiger partial charge in [0.1, 0.15) is 5.75 Å². The van der Waals surface area contributed by atoms with E-state index in [2.05, 4.69) is 25.1 Å². The van der Waals surface area contributed by atoms with Crippen molar-refractivity contribution < 1.29 is 9.53 Å². The Labute approximate surface area is 166 Å². The van der Waals surface area contributed by atoms with Crippen LogP contribution in [0.3, 0.4) is 0 Å². The molecule has 0 aliphatic carbocycles. The normalized spacial score (nSPS) is 15.0. The molecule has 1 aromatic heterocycles. The number of ether oxygens (including phenoxy) is 1. The van der Waals surface area contributed by atoms with E-state index in [0.717, 1.165) is 50.0 Å². The summed E-state index contributed by atoms with van der Waals surface area (Å²) in [5.41, 5.74) is 0.970. The van der Waals surface area contributed by atoms with Crippen LogP contribution in [0.5, 0.6) is 5.75 Å². The van der Waals surface area contributed by atoms with E-state index in [1.54, 1.807) is 18.5 Å². The molecule has 1 N–H and O–H groups in total. The number of piperazine rings is 1. The molecule has 2 aromatic rings. The summed E-state index contributed by atoms with van der Waals surface area (Å²) in [6, 6.07) is 9.50. The van der Waals surface area contributed by atoms with Crippen LogP contribution in [0.2, 0.25) is 0 Å². The SMILES string of the molecule is CCOc1ccc(C=CC(=O)NCCN2CCN(c3ncccn3)CC2)cc1. The molecule has 7 nitrogen and oxygen atoms in total. The Bertz CT molecular complexity index is 756. The maximum absolute atomic E-state index is 12.0. The van der Waals surface area contributed by atoms with Crippen LogP contribution in [0.15, 0.2) is 48.8 Å². The van der Waals surface area contributed by atoms with E-state index in [9.17, 15) is 4.79 Å². The molecule has 1 aliphatic rings. The molecule has 0 bridgehead atoms. The molecule has 0 atom stereocenters. The van der Waals surface area contributed by atoms with Gasteiger partial charge in [0.2, 0.25) is 11.9 Å². The van der Waals surface area contributed by atoms with Crippen molar-refractivity contribution in [2.45, 2.75) is 6.92 Å². The van der Waals surface area contributed by atoms with Gasteiger partial charge in [-0.25, -0.2) is 9.97 Å². The maximum atomic E-state index is 12.0. The van der Waals surface area contributed by atoms with E-state index >= 15 is 0 Å². The van der Waals surface area contributed by atoms with Crippen molar-refractivity contribution in [3.05, 3.63) is 54.4 Å². The molecule has 1 fully saturated rings. The predicted molar refractivity (Wildman–Crippen MR) is 110 cm³/mol. The van der Waals surface area contributed by atoms with Gasteiger partial charge in [0.15, 0.2) is 0 Å². The highest BCUT2D eigenvalue weighted by Gasteiger charge is 2.18. The van der Waals surface area contributed by atoms with Crippen molar-refractivity contribution in [2.24, 2.45) is 0 Å². The Kier molecular flexibility index (Phi) is 7.37. The summed E-state index contributed by atoms with van der Waals surface area (Å²) in [5, 5.41) is 2.94. The quantitative estimate of drug-likeness (QED) is 0.704. The third kappa shape index (κ3) is 6.06. The Morgan fingerprint density at radius 2 is 1.86 bits per heavy atom. The van der Waals surface area contributed by atoms with E-state index in [-0.39, 0.29) is 5.91 Å². The van der Waals surface area contributed by atoms with Crippen LogP contribution in [0.4, 0.5) is 5.95 Å². The molecule has 28 heavy (non-hydrogen) atoms. The summed E-state index contributed by atoms with van der Waals surface area (Å²) in [7, 11) is 0. The second kappa shape index (κ2) is 10.4. The zero-order valence-corrected chi connectivity index (χ0v) is 16.3. The molecule has 1 aromatic carbocycles. The molecule has 2 heterocycles. The molecule has 3 rings (SSSR count). The smallest absolute Gasteiger partial charge is 0.244 e. The summed E-state index contributed by atoms with van der Waals surface area (Å²) in [4.78, 5) is 25.1. The highest BCUT2D eigenvalue weighted by molar-refractivity contribution is 5.91. The fourth-order valence-corrected chi connectivity index (χ4v) is 3.04. The summed E-state index contributed by atoms with van der Waals surface area (Å²) < 4.78 is 5.41. The van der Waals surface area contributed by atoms with Gasteiger partial charge in [-0.15, -0.1) is 0 Å². The summed E-state index contributed by atoms with van der Waals surface area (Å²) in [6.45, 7) is 7.75. The molecular formula is C21H27N5O2. The van der Waals surface area contributed by atoms with Crippen LogP contribution < -0.4 is 15.0 Å². The lowest BCUT2D eigenvalue weighted by Gasteiger charge is -2.34. The molecular weight excluding hydrogens is 354 g/mol. The van der Waals surface area contributed by atoms with Crippen molar-refractivity contribution in [2.75, 3.05) is 50.8 Å². The fourth-order valence-electron chi connectivity index (χ4n) is 3.04. The molecule has 1 saturated heterocycles. The van der Waals surface area contributed by atoms with Gasteiger partial charge in [-0.1, -0.05) is 12.1 Å². The number of nitrogens with zero attached hydrogens (tertiary/aromatic N) is 4. The van der Waals surface area contributed by atoms with Crippen molar-refractivity contribution in [3.8, 4) is 5.75 Å². The van der Waals surface area contributed by atoms with E-state index in [1.807, 2.05) is 43.3 Å². The Morgan fingerprint density at radius 3 is 2.54 bits per heavy atom. The highest BCUT2D eigenvalue weighted by Crippen LogP contribution is 2.13. The van der Waals surface area contributed by atoms with Crippen LogP contribution in [-0.4, -0.2) is 66.7 Å². The van der Waals surface area contributed by atoms with Gasteiger partial charge < -0.3 is 15.0 Å². The zero-order chi connectivity index (χ0) is 19.6. The van der Waals surface area contributed by atoms with E-state index < -0.39 is 0 Å². The molecule has 0 spiro atoms. The molecule has 0 saturated carbocycles. The molecule has 1 aliphatic heterocycles. The van der Waals surface area contributed by atoms with Gasteiger partial charge in [-0.3, -0.25) is 9.69 Å². The number of rotatable bonds is 8. The van der Waals surface area contributed by atoms with Crippen LogP contribution >= 0.6 is 0 Å². The van der Waals surface area contributed by atoms with Gasteiger partial charge in [0.25, 0.3) is 0 Å². The number of carbonyl (C=O) groups excluding carboxylic acids is 1. The van der Waals surface area contributed by atoms with Crippen molar-refractivity contribution in [3.63, 3.8) is 0 Å². The number of carbonyl (C=O) groups is 1. The Morgan fingerprint density at radius 1 is 1.14 bits per heavy atom. The van der Waals surface area contributed by atoms with Crippen LogP contribution in [0.1, 0.15) is 12.5 Å². The fraction of sp³-hybridized carbons (Fsp3) is 0.381. The molecule has 7 heteroatoms. The number of hydrogen-bond acceptors (Lipinski definition) is 6. The minimum absolute atomic E-state index is 0.0785. The Balaban J connectivity index is 1.34. The second-order valence-corrected chi connectivity index (χ2v) is 6.50. The first-order valence-corrected chi connectivity index (χ1v) is 9.67. The monoisotopic (exact) mass is 381 g/mol. The van der Waals surface area contributed by atoms with Crippen LogP contribution in [0.25, 0.3) is 6.08 Å². The first-order chi connectivity index (χ1) is 13.7. The zero-order valence-electron chi connectivity index (χ0n) is 16.3. The predicted octanol–water partition coefficient (Wildman–Crippen LogP) is 1.83.